The summed E-state index contributed by atoms with van der Waals surface area (Å²) >= 11 is 4.93. The van der Waals surface area contributed by atoms with Gasteiger partial charge in [0.15, 0.2) is 0 Å². The monoisotopic (exact) mass is 315 g/mol. The first-order valence-electron chi connectivity index (χ1n) is 5.36. The smallest absolute Gasteiger partial charge is 0.0766 e. The molecule has 5 nitrogen and oxygen atoms in total. The van der Waals surface area contributed by atoms with Crippen molar-refractivity contribution in [2.45, 2.75) is 25.8 Å². The van der Waals surface area contributed by atoms with Gasteiger partial charge in [-0.25, -0.2) is 0 Å². The second-order valence-electron chi connectivity index (χ2n) is 3.82. The zero-order valence-electron chi connectivity index (χ0n) is 9.72. The van der Waals surface area contributed by atoms with Crippen LogP contribution in [-0.2, 0) is 19.9 Å². The van der Waals surface area contributed by atoms with Crippen LogP contribution in [-0.4, -0.2) is 19.4 Å². The molecule has 2 rings (SSSR count). The highest BCUT2D eigenvalue weighted by Gasteiger charge is 2.17. The SMILES string of the molecule is CCc1nn(C)c(CC(N)c2cnns2)c1Br. The summed E-state index contributed by atoms with van der Waals surface area (Å²) < 4.78 is 6.78. The fourth-order valence-electron chi connectivity index (χ4n) is 1.69. The molecular formula is C10H14BrN5S. The first kappa shape index (κ1) is 12.7. The molecular weight excluding hydrogens is 302 g/mol. The lowest BCUT2D eigenvalue weighted by Crippen LogP contribution is -2.14. The molecule has 0 saturated carbocycles. The van der Waals surface area contributed by atoms with Crippen molar-refractivity contribution in [1.29, 1.82) is 0 Å². The summed E-state index contributed by atoms with van der Waals surface area (Å²) in [6.45, 7) is 2.09. The van der Waals surface area contributed by atoms with Crippen LogP contribution in [0.5, 0.6) is 0 Å². The first-order chi connectivity index (χ1) is 8.13. The predicted octanol–water partition coefficient (Wildman–Crippen LogP) is 1.84. The van der Waals surface area contributed by atoms with E-state index in [0.717, 1.165) is 33.6 Å². The first-order valence-corrected chi connectivity index (χ1v) is 6.93. The molecule has 0 saturated heterocycles. The summed E-state index contributed by atoms with van der Waals surface area (Å²) in [7, 11) is 1.94. The number of rotatable bonds is 4. The van der Waals surface area contributed by atoms with E-state index in [0.29, 0.717) is 0 Å². The lowest BCUT2D eigenvalue weighted by atomic mass is 10.1. The average Bonchev–Trinajstić information content (AvgIpc) is 2.92. The lowest BCUT2D eigenvalue weighted by Gasteiger charge is -2.09. The number of aromatic nitrogens is 4. The van der Waals surface area contributed by atoms with Gasteiger partial charge in [-0.3, -0.25) is 4.68 Å². The van der Waals surface area contributed by atoms with Crippen molar-refractivity contribution >= 4 is 27.5 Å². The van der Waals surface area contributed by atoms with Gasteiger partial charge < -0.3 is 5.73 Å². The normalized spacial score (nSPS) is 12.9. The Balaban J connectivity index is 2.21. The molecule has 0 fully saturated rings. The van der Waals surface area contributed by atoms with Crippen molar-refractivity contribution in [2.75, 3.05) is 0 Å². The minimum absolute atomic E-state index is 0.0774. The van der Waals surface area contributed by atoms with Crippen molar-refractivity contribution in [3.05, 3.63) is 26.9 Å². The Morgan fingerprint density at radius 2 is 2.35 bits per heavy atom. The Kier molecular flexibility index (Phi) is 3.90. The zero-order chi connectivity index (χ0) is 12.4. The maximum Gasteiger partial charge on any atom is 0.0766 e. The van der Waals surface area contributed by atoms with Gasteiger partial charge in [-0.2, -0.15) is 5.10 Å². The summed E-state index contributed by atoms with van der Waals surface area (Å²) in [6.07, 6.45) is 3.36. The molecule has 0 spiro atoms. The third kappa shape index (κ3) is 2.56. The summed E-state index contributed by atoms with van der Waals surface area (Å²) in [5.41, 5.74) is 8.31. The quantitative estimate of drug-likeness (QED) is 0.934. The minimum atomic E-state index is -0.0774. The van der Waals surface area contributed by atoms with E-state index in [9.17, 15) is 0 Å². The van der Waals surface area contributed by atoms with Gasteiger partial charge in [0, 0.05) is 19.5 Å². The Labute approximate surface area is 112 Å². The second kappa shape index (κ2) is 5.24. The molecule has 0 bridgehead atoms. The molecule has 2 heterocycles. The van der Waals surface area contributed by atoms with Gasteiger partial charge in [-0.05, 0) is 33.9 Å². The molecule has 0 aliphatic heterocycles. The van der Waals surface area contributed by atoms with Crippen LogP contribution in [0.25, 0.3) is 0 Å². The third-order valence-corrected chi connectivity index (χ3v) is 4.37. The predicted molar refractivity (Wildman–Crippen MR) is 70.8 cm³/mol. The summed E-state index contributed by atoms with van der Waals surface area (Å²) in [4.78, 5) is 0.996. The zero-order valence-corrected chi connectivity index (χ0v) is 12.1. The Morgan fingerprint density at radius 3 is 2.88 bits per heavy atom. The van der Waals surface area contributed by atoms with Gasteiger partial charge in [-0.1, -0.05) is 11.4 Å². The molecule has 2 aromatic heterocycles. The Hall–Kier alpha value is -0.790. The number of hydrogen-bond donors (Lipinski definition) is 1. The number of halogens is 1. The van der Waals surface area contributed by atoms with Crippen LogP contribution < -0.4 is 5.73 Å². The molecule has 17 heavy (non-hydrogen) atoms. The van der Waals surface area contributed by atoms with E-state index in [4.69, 9.17) is 5.73 Å². The molecule has 2 N–H and O–H groups in total. The standard InChI is InChI=1S/C10H14BrN5S/c1-3-7-10(11)8(16(2)14-7)4-6(12)9-5-13-15-17-9/h5-6H,3-4,12H2,1-2H3. The highest BCUT2D eigenvalue weighted by atomic mass is 79.9. The molecule has 0 aliphatic rings. The molecule has 92 valence electrons. The van der Waals surface area contributed by atoms with E-state index in [2.05, 4.69) is 37.5 Å². The number of hydrogen-bond acceptors (Lipinski definition) is 5. The molecule has 1 atom stereocenters. The fraction of sp³-hybridized carbons (Fsp3) is 0.500. The van der Waals surface area contributed by atoms with Crippen LogP contribution in [0.1, 0.15) is 29.2 Å². The van der Waals surface area contributed by atoms with Gasteiger partial charge in [0.2, 0.25) is 0 Å². The van der Waals surface area contributed by atoms with Crippen molar-refractivity contribution < 1.29 is 0 Å². The summed E-state index contributed by atoms with van der Waals surface area (Å²) in [5, 5.41) is 8.25. The molecule has 0 amide bonds. The van der Waals surface area contributed by atoms with Gasteiger partial charge in [0.05, 0.1) is 26.9 Å². The summed E-state index contributed by atoms with van der Waals surface area (Å²) in [5.74, 6) is 0. The minimum Gasteiger partial charge on any atom is -0.323 e. The number of nitrogens with two attached hydrogens (primary N) is 1. The highest BCUT2D eigenvalue weighted by Crippen LogP contribution is 2.26. The summed E-state index contributed by atoms with van der Waals surface area (Å²) in [6, 6.07) is -0.0774. The molecule has 7 heteroatoms. The number of aryl methyl sites for hydroxylation is 2. The van der Waals surface area contributed by atoms with E-state index < -0.39 is 0 Å². The molecule has 1 unspecified atom stereocenters. The van der Waals surface area contributed by atoms with E-state index in [1.807, 2.05) is 11.7 Å². The molecule has 0 aromatic carbocycles. The maximum atomic E-state index is 6.13. The van der Waals surface area contributed by atoms with Crippen LogP contribution in [0, 0.1) is 0 Å². The van der Waals surface area contributed by atoms with Crippen molar-refractivity contribution in [2.24, 2.45) is 12.8 Å². The van der Waals surface area contributed by atoms with E-state index in [1.54, 1.807) is 6.20 Å². The third-order valence-electron chi connectivity index (χ3n) is 2.66. The van der Waals surface area contributed by atoms with E-state index in [-0.39, 0.29) is 6.04 Å². The maximum absolute atomic E-state index is 6.13. The van der Waals surface area contributed by atoms with Crippen LogP contribution in [0.2, 0.25) is 0 Å². The highest BCUT2D eigenvalue weighted by molar-refractivity contribution is 9.10. The van der Waals surface area contributed by atoms with Gasteiger partial charge in [0.1, 0.15) is 0 Å². The van der Waals surface area contributed by atoms with Crippen LogP contribution in [0.4, 0.5) is 0 Å². The topological polar surface area (TPSA) is 69.6 Å². The number of nitrogens with zero attached hydrogens (tertiary/aromatic N) is 4. The van der Waals surface area contributed by atoms with Crippen LogP contribution >= 0.6 is 27.5 Å². The van der Waals surface area contributed by atoms with Gasteiger partial charge >= 0.3 is 0 Å². The van der Waals surface area contributed by atoms with E-state index in [1.165, 1.54) is 11.5 Å². The van der Waals surface area contributed by atoms with Crippen LogP contribution in [0.15, 0.2) is 10.7 Å². The Bertz CT molecular complexity index is 493. The average molecular weight is 316 g/mol. The van der Waals surface area contributed by atoms with Gasteiger partial charge in [-0.15, -0.1) is 5.10 Å². The van der Waals surface area contributed by atoms with Crippen LogP contribution in [0.3, 0.4) is 0 Å². The molecule has 2 aromatic rings. The van der Waals surface area contributed by atoms with Crippen molar-refractivity contribution in [3.8, 4) is 0 Å². The van der Waals surface area contributed by atoms with Crippen molar-refractivity contribution in [1.82, 2.24) is 19.4 Å². The fourth-order valence-corrected chi connectivity index (χ4v) is 2.97. The Morgan fingerprint density at radius 1 is 1.59 bits per heavy atom. The second-order valence-corrected chi connectivity index (χ2v) is 5.43. The van der Waals surface area contributed by atoms with Gasteiger partial charge in [0.25, 0.3) is 0 Å². The molecule has 0 radical (unpaired) electrons. The van der Waals surface area contributed by atoms with Crippen molar-refractivity contribution in [3.63, 3.8) is 0 Å². The van der Waals surface area contributed by atoms with E-state index >= 15 is 0 Å². The lowest BCUT2D eigenvalue weighted by molar-refractivity contribution is 0.642. The molecule has 0 aliphatic carbocycles. The largest absolute Gasteiger partial charge is 0.323 e.